The van der Waals surface area contributed by atoms with Gasteiger partial charge < -0.3 is 14.9 Å². The molecule has 0 unspecified atom stereocenters. The van der Waals surface area contributed by atoms with Gasteiger partial charge in [-0.1, -0.05) is 23.2 Å². The van der Waals surface area contributed by atoms with Crippen LogP contribution in [0.1, 0.15) is 11.5 Å². The highest BCUT2D eigenvalue weighted by Gasteiger charge is 2.15. The number of benzene rings is 1. The second-order valence-electron chi connectivity index (χ2n) is 5.88. The molecule has 2 N–H and O–H groups in total. The van der Waals surface area contributed by atoms with Gasteiger partial charge in [-0.25, -0.2) is 19.8 Å². The van der Waals surface area contributed by atoms with E-state index in [1.807, 2.05) is 0 Å². The van der Waals surface area contributed by atoms with Gasteiger partial charge in [-0.2, -0.15) is 0 Å². The number of pyridine rings is 1. The van der Waals surface area contributed by atoms with Gasteiger partial charge in [0.05, 0.1) is 22.5 Å². The Hall–Kier alpha value is -2.74. The fourth-order valence-corrected chi connectivity index (χ4v) is 2.95. The minimum Gasteiger partial charge on any atom is -0.401 e. The molecule has 9 heteroatoms. The molecular weight excluding hydrogens is 403 g/mol. The Balaban J connectivity index is 2.25. The fraction of sp³-hybridized carbons (Fsp3) is 0.158. The number of methoxy groups -OCH3 is 1. The number of ether oxygens (including phenoxy) is 1. The summed E-state index contributed by atoms with van der Waals surface area (Å²) in [6.45, 7) is 1.95. The maximum Gasteiger partial charge on any atom is 0.347 e. The first-order chi connectivity index (χ1) is 13.4. The van der Waals surface area contributed by atoms with Crippen molar-refractivity contribution in [3.8, 4) is 0 Å². The molecule has 0 spiro atoms. The molecule has 0 saturated carbocycles. The van der Waals surface area contributed by atoms with Crippen LogP contribution < -0.4 is 11.4 Å². The first kappa shape index (κ1) is 20.0. The molecule has 0 radical (unpaired) electrons. The smallest absolute Gasteiger partial charge is 0.347 e. The highest BCUT2D eigenvalue weighted by molar-refractivity contribution is 6.33. The van der Waals surface area contributed by atoms with Crippen LogP contribution in [-0.4, -0.2) is 29.4 Å². The minimum atomic E-state index is -0.593. The van der Waals surface area contributed by atoms with Gasteiger partial charge in [0, 0.05) is 24.0 Å². The highest BCUT2D eigenvalue weighted by Crippen LogP contribution is 2.23. The molecule has 2 heterocycles. The summed E-state index contributed by atoms with van der Waals surface area (Å²) >= 11 is 12.2. The summed E-state index contributed by atoms with van der Waals surface area (Å²) in [6, 6.07) is 6.54. The second kappa shape index (κ2) is 8.52. The van der Waals surface area contributed by atoms with Crippen LogP contribution in [0.3, 0.4) is 0 Å². The number of allylic oxidation sites excluding steroid dienone is 1. The molecule has 28 heavy (non-hydrogen) atoms. The topological polar surface area (TPSA) is 104 Å². The maximum atomic E-state index is 12.5. The zero-order valence-electron chi connectivity index (χ0n) is 15.1. The summed E-state index contributed by atoms with van der Waals surface area (Å²) in [4.78, 5) is 25.5. The van der Waals surface area contributed by atoms with Gasteiger partial charge in [-0.05, 0) is 42.8 Å². The van der Waals surface area contributed by atoms with E-state index in [9.17, 15) is 4.79 Å². The number of aliphatic imine (C=N–C) groups is 1. The molecule has 144 valence electrons. The number of halogens is 2. The van der Waals surface area contributed by atoms with E-state index in [-0.39, 0.29) is 29.4 Å². The van der Waals surface area contributed by atoms with E-state index in [1.165, 1.54) is 19.3 Å². The van der Waals surface area contributed by atoms with Crippen LogP contribution >= 0.6 is 23.2 Å². The molecule has 0 aliphatic rings. The van der Waals surface area contributed by atoms with Crippen LogP contribution in [0.2, 0.25) is 10.0 Å². The first-order valence-electron chi connectivity index (χ1n) is 8.14. The lowest BCUT2D eigenvalue weighted by Crippen LogP contribution is -2.13. The van der Waals surface area contributed by atoms with Gasteiger partial charge in [-0.15, -0.1) is 0 Å². The van der Waals surface area contributed by atoms with E-state index in [0.717, 1.165) is 5.56 Å². The molecule has 3 aromatic rings. The van der Waals surface area contributed by atoms with Crippen molar-refractivity contribution < 1.29 is 9.15 Å². The Labute approximate surface area is 170 Å². The van der Waals surface area contributed by atoms with Crippen LogP contribution in [0.4, 0.5) is 5.82 Å². The lowest BCUT2D eigenvalue weighted by Gasteiger charge is -2.07. The summed E-state index contributed by atoms with van der Waals surface area (Å²) in [5.41, 5.74) is 7.07. The number of rotatable bonds is 5. The lowest BCUT2D eigenvalue weighted by molar-refractivity contribution is 0.225. The Morgan fingerprint density at radius 3 is 2.89 bits per heavy atom. The Morgan fingerprint density at radius 2 is 2.18 bits per heavy atom. The molecule has 0 atom stereocenters. The van der Waals surface area contributed by atoms with E-state index in [0.29, 0.717) is 21.3 Å². The molecule has 0 fully saturated rings. The quantitative estimate of drug-likeness (QED) is 0.631. The van der Waals surface area contributed by atoms with Gasteiger partial charge >= 0.3 is 5.63 Å². The lowest BCUT2D eigenvalue weighted by atomic mass is 10.1. The number of hydrogen-bond acceptors (Lipinski definition) is 7. The van der Waals surface area contributed by atoms with E-state index < -0.39 is 5.63 Å². The summed E-state index contributed by atoms with van der Waals surface area (Å²) < 4.78 is 10.4. The summed E-state index contributed by atoms with van der Waals surface area (Å²) in [5.74, 6) is 0.210. The highest BCUT2D eigenvalue weighted by atomic mass is 35.5. The van der Waals surface area contributed by atoms with Gasteiger partial charge in [0.25, 0.3) is 0 Å². The Kier molecular flexibility index (Phi) is 6.08. The fourth-order valence-electron chi connectivity index (χ4n) is 2.52. The molecule has 1 aromatic carbocycles. The number of hydrogen-bond donors (Lipinski definition) is 1. The van der Waals surface area contributed by atoms with Crippen molar-refractivity contribution in [1.29, 1.82) is 0 Å². The normalized spacial score (nSPS) is 12.6. The third-order valence-electron chi connectivity index (χ3n) is 3.71. The van der Waals surface area contributed by atoms with Crippen molar-refractivity contribution in [2.24, 2.45) is 10.7 Å². The molecule has 0 amide bonds. The van der Waals surface area contributed by atoms with Crippen LogP contribution in [0.15, 0.2) is 56.4 Å². The van der Waals surface area contributed by atoms with Gasteiger partial charge in [0.1, 0.15) is 5.71 Å². The average Bonchev–Trinajstić information content (AvgIpc) is 2.64. The monoisotopic (exact) mass is 418 g/mol. The molecule has 3 rings (SSSR count). The van der Waals surface area contributed by atoms with E-state index in [2.05, 4.69) is 15.0 Å². The maximum absolute atomic E-state index is 12.5. The molecule has 0 aliphatic heterocycles. The second-order valence-corrected chi connectivity index (χ2v) is 6.73. The van der Waals surface area contributed by atoms with Crippen molar-refractivity contribution in [3.63, 3.8) is 0 Å². The van der Waals surface area contributed by atoms with E-state index >= 15 is 0 Å². The van der Waals surface area contributed by atoms with Crippen molar-refractivity contribution in [2.75, 3.05) is 13.7 Å². The first-order valence-corrected chi connectivity index (χ1v) is 8.90. The molecule has 0 bridgehead atoms. The van der Waals surface area contributed by atoms with Crippen molar-refractivity contribution in [1.82, 2.24) is 9.97 Å². The third kappa shape index (κ3) is 4.39. The zero-order chi connectivity index (χ0) is 20.3. The third-order valence-corrected chi connectivity index (χ3v) is 4.22. The molecule has 0 saturated heterocycles. The summed E-state index contributed by atoms with van der Waals surface area (Å²) in [6.07, 6.45) is 3.04. The van der Waals surface area contributed by atoms with Gasteiger partial charge in [0.2, 0.25) is 5.89 Å². The van der Waals surface area contributed by atoms with Gasteiger partial charge in [-0.3, -0.25) is 0 Å². The summed E-state index contributed by atoms with van der Waals surface area (Å²) in [5, 5.41) is 1.02. The number of nitrogens with two attached hydrogens (primary N) is 1. The molecule has 2 aromatic heterocycles. The van der Waals surface area contributed by atoms with Crippen LogP contribution in [0.25, 0.3) is 10.9 Å². The van der Waals surface area contributed by atoms with Crippen LogP contribution in [-0.2, 0) is 4.74 Å². The van der Waals surface area contributed by atoms with Crippen LogP contribution in [0, 0.1) is 6.92 Å². The average molecular weight is 419 g/mol. The summed E-state index contributed by atoms with van der Waals surface area (Å²) in [7, 11) is 1.51. The Morgan fingerprint density at radius 1 is 1.39 bits per heavy atom. The van der Waals surface area contributed by atoms with Gasteiger partial charge in [0.15, 0.2) is 5.82 Å². The van der Waals surface area contributed by atoms with Crippen LogP contribution in [0.5, 0.6) is 0 Å². The molecule has 0 aliphatic carbocycles. The number of fused-ring (bicyclic) bond motifs is 1. The predicted octanol–water partition coefficient (Wildman–Crippen LogP) is 3.81. The minimum absolute atomic E-state index is 0.0244. The largest absolute Gasteiger partial charge is 0.401 e. The number of aryl methyl sites for hydroxylation is 1. The van der Waals surface area contributed by atoms with E-state index in [1.54, 1.807) is 31.3 Å². The SMILES string of the molecule is COC/C(N)=C/C(=N/c1ncccc1Cl)c1nc2c(C)cc(Cl)cc2c(=O)o1. The van der Waals surface area contributed by atoms with Crippen molar-refractivity contribution in [2.45, 2.75) is 6.92 Å². The Bertz CT molecular complexity index is 1160. The standard InChI is InChI=1S/C19H16Cl2N4O3/c1-10-6-11(20)7-13-16(10)25-18(28-19(13)26)15(8-12(22)9-27-2)24-17-14(21)4-3-5-23-17/h3-8H,9,22H2,1-2H3/b12-8-,24-15-. The van der Waals surface area contributed by atoms with Crippen molar-refractivity contribution >= 4 is 45.6 Å². The predicted molar refractivity (Wildman–Crippen MR) is 110 cm³/mol. The number of aromatic nitrogens is 2. The zero-order valence-corrected chi connectivity index (χ0v) is 16.6. The number of nitrogens with zero attached hydrogens (tertiary/aromatic N) is 3. The molecule has 7 nitrogen and oxygen atoms in total. The molecular formula is C19H16Cl2N4O3. The van der Waals surface area contributed by atoms with Crippen molar-refractivity contribution in [3.05, 3.63) is 74.2 Å². The van der Waals surface area contributed by atoms with E-state index in [4.69, 9.17) is 38.1 Å².